The Morgan fingerprint density at radius 3 is 3.16 bits per heavy atom. The second-order valence-corrected chi connectivity index (χ2v) is 5.46. The summed E-state index contributed by atoms with van der Waals surface area (Å²) in [5, 5.41) is 16.7. The van der Waals surface area contributed by atoms with E-state index in [0.29, 0.717) is 19.6 Å². The van der Waals surface area contributed by atoms with E-state index in [-0.39, 0.29) is 0 Å². The van der Waals surface area contributed by atoms with E-state index in [1.54, 1.807) is 0 Å². The second-order valence-electron chi connectivity index (χ2n) is 5.46. The molecule has 0 bridgehead atoms. The Morgan fingerprint density at radius 2 is 2.37 bits per heavy atom. The molecule has 3 N–H and O–H groups in total. The van der Waals surface area contributed by atoms with E-state index >= 15 is 0 Å². The van der Waals surface area contributed by atoms with E-state index in [0.717, 1.165) is 24.3 Å². The third-order valence-electron chi connectivity index (χ3n) is 3.63. The van der Waals surface area contributed by atoms with E-state index in [4.69, 9.17) is 0 Å². The van der Waals surface area contributed by atoms with E-state index in [2.05, 4.69) is 34.8 Å². The number of fused-ring (bicyclic) bond motifs is 1. The maximum absolute atomic E-state index is 10.2. The first-order valence-corrected chi connectivity index (χ1v) is 6.73. The number of β-amino-alcohol motifs (C(OH)–C–C–N with tert-alkyl or cyclic N) is 1. The summed E-state index contributed by atoms with van der Waals surface area (Å²) in [6, 6.07) is 4.08. The maximum atomic E-state index is 10.2. The van der Waals surface area contributed by atoms with Crippen molar-refractivity contribution in [2.75, 3.05) is 19.6 Å². The van der Waals surface area contributed by atoms with Crippen LogP contribution in [0.25, 0.3) is 5.65 Å². The number of aliphatic hydroxyl groups is 1. The van der Waals surface area contributed by atoms with Crippen molar-refractivity contribution >= 4 is 5.65 Å². The fourth-order valence-corrected chi connectivity index (χ4v) is 2.55. The number of pyridine rings is 1. The largest absolute Gasteiger partial charge is 0.387 e. The Hall–Kier alpha value is -1.43. The number of nitrogens with zero attached hydrogens (tertiary/aromatic N) is 2. The summed E-state index contributed by atoms with van der Waals surface area (Å²) in [5.74, 6) is 0. The normalized spacial score (nSPS) is 23.3. The van der Waals surface area contributed by atoms with Crippen LogP contribution in [0.3, 0.4) is 0 Å². The van der Waals surface area contributed by atoms with Gasteiger partial charge in [-0.1, -0.05) is 6.07 Å². The zero-order valence-electron chi connectivity index (χ0n) is 11.2. The lowest BCUT2D eigenvalue weighted by Gasteiger charge is -2.21. The minimum Gasteiger partial charge on any atom is -0.387 e. The molecule has 2 aromatic heterocycles. The van der Waals surface area contributed by atoms with Gasteiger partial charge in [0.25, 0.3) is 0 Å². The number of aromatic nitrogens is 2. The van der Waals surface area contributed by atoms with Crippen molar-refractivity contribution in [3.8, 4) is 0 Å². The number of hydrogen-bond acceptors (Lipinski definition) is 4. The molecule has 3 rings (SSSR count). The molecule has 19 heavy (non-hydrogen) atoms. The lowest BCUT2D eigenvalue weighted by molar-refractivity contribution is 0.0608. The van der Waals surface area contributed by atoms with Gasteiger partial charge in [-0.15, -0.1) is 0 Å². The van der Waals surface area contributed by atoms with Gasteiger partial charge in [-0.3, -0.25) is 0 Å². The van der Waals surface area contributed by atoms with Crippen molar-refractivity contribution in [1.82, 2.24) is 20.0 Å². The van der Waals surface area contributed by atoms with Crippen LogP contribution in [0.2, 0.25) is 0 Å². The van der Waals surface area contributed by atoms with Gasteiger partial charge in [0.1, 0.15) is 5.65 Å². The fourth-order valence-electron chi connectivity index (χ4n) is 2.55. The molecule has 1 aliphatic heterocycles. The SMILES string of the molecule is Cc1ccc2nc(CNC[C@@]3(O)CCNC3)cn2c1. The first-order chi connectivity index (χ1) is 9.15. The number of nitrogens with one attached hydrogen (secondary N) is 2. The fraction of sp³-hybridized carbons (Fsp3) is 0.500. The molecule has 5 heteroatoms. The Balaban J connectivity index is 1.62. The molecule has 102 valence electrons. The third kappa shape index (κ3) is 2.78. The van der Waals surface area contributed by atoms with Crippen LogP contribution in [0.15, 0.2) is 24.5 Å². The summed E-state index contributed by atoms with van der Waals surface area (Å²) in [5.41, 5.74) is 2.58. The monoisotopic (exact) mass is 260 g/mol. The quantitative estimate of drug-likeness (QED) is 0.747. The third-order valence-corrected chi connectivity index (χ3v) is 3.63. The number of hydrogen-bond donors (Lipinski definition) is 3. The summed E-state index contributed by atoms with van der Waals surface area (Å²) in [6.07, 6.45) is 4.91. The lowest BCUT2D eigenvalue weighted by atomic mass is 10.0. The van der Waals surface area contributed by atoms with Crippen molar-refractivity contribution in [3.63, 3.8) is 0 Å². The molecule has 1 saturated heterocycles. The van der Waals surface area contributed by atoms with Crippen LogP contribution in [0, 0.1) is 6.92 Å². The van der Waals surface area contributed by atoms with Gasteiger partial charge in [0.05, 0.1) is 11.3 Å². The van der Waals surface area contributed by atoms with Crippen molar-refractivity contribution in [2.45, 2.75) is 25.5 Å². The molecular formula is C14H20N4O. The molecule has 0 radical (unpaired) electrons. The Labute approximate surface area is 112 Å². The molecule has 1 fully saturated rings. The van der Waals surface area contributed by atoms with Crippen LogP contribution in [-0.2, 0) is 6.54 Å². The van der Waals surface area contributed by atoms with Crippen LogP contribution < -0.4 is 10.6 Å². The first kappa shape index (κ1) is 12.6. The van der Waals surface area contributed by atoms with Gasteiger partial charge in [-0.05, 0) is 31.5 Å². The summed E-state index contributed by atoms with van der Waals surface area (Å²) >= 11 is 0. The van der Waals surface area contributed by atoms with Crippen LogP contribution in [0.4, 0.5) is 0 Å². The first-order valence-electron chi connectivity index (χ1n) is 6.73. The maximum Gasteiger partial charge on any atom is 0.137 e. The van der Waals surface area contributed by atoms with Crippen molar-refractivity contribution in [2.24, 2.45) is 0 Å². The average molecular weight is 260 g/mol. The standard InChI is InChI=1S/C14H20N4O/c1-11-2-3-13-17-12(8-18(13)7-11)6-16-10-14(19)4-5-15-9-14/h2-3,7-8,15-16,19H,4-6,9-10H2,1H3/t14-/m1/s1. The van der Waals surface area contributed by atoms with Gasteiger partial charge >= 0.3 is 0 Å². The minimum atomic E-state index is -0.601. The minimum absolute atomic E-state index is 0.601. The number of imidazole rings is 1. The van der Waals surface area contributed by atoms with Gasteiger partial charge in [0, 0.05) is 32.0 Å². The van der Waals surface area contributed by atoms with Crippen LogP contribution in [-0.4, -0.2) is 39.7 Å². The van der Waals surface area contributed by atoms with E-state index < -0.39 is 5.60 Å². The van der Waals surface area contributed by atoms with Crippen LogP contribution in [0.1, 0.15) is 17.7 Å². The highest BCUT2D eigenvalue weighted by molar-refractivity contribution is 5.41. The molecule has 0 spiro atoms. The highest BCUT2D eigenvalue weighted by Crippen LogP contribution is 2.13. The summed E-state index contributed by atoms with van der Waals surface area (Å²) in [6.45, 7) is 4.92. The van der Waals surface area contributed by atoms with Gasteiger partial charge in [-0.25, -0.2) is 4.98 Å². The summed E-state index contributed by atoms with van der Waals surface area (Å²) in [7, 11) is 0. The van der Waals surface area contributed by atoms with Gasteiger partial charge in [-0.2, -0.15) is 0 Å². The van der Waals surface area contributed by atoms with Gasteiger partial charge in [0.2, 0.25) is 0 Å². The average Bonchev–Trinajstić information content (AvgIpc) is 2.95. The van der Waals surface area contributed by atoms with Crippen molar-refractivity contribution in [1.29, 1.82) is 0 Å². The molecule has 0 unspecified atom stereocenters. The van der Waals surface area contributed by atoms with E-state index in [9.17, 15) is 5.11 Å². The predicted molar refractivity (Wildman–Crippen MR) is 74.1 cm³/mol. The Kier molecular flexibility index (Phi) is 3.26. The molecule has 0 aromatic carbocycles. The summed E-state index contributed by atoms with van der Waals surface area (Å²) in [4.78, 5) is 4.54. The van der Waals surface area contributed by atoms with Crippen LogP contribution >= 0.6 is 0 Å². The lowest BCUT2D eigenvalue weighted by Crippen LogP contribution is -2.42. The molecule has 2 aromatic rings. The highest BCUT2D eigenvalue weighted by Gasteiger charge is 2.30. The van der Waals surface area contributed by atoms with Gasteiger partial charge in [0.15, 0.2) is 0 Å². The van der Waals surface area contributed by atoms with Gasteiger partial charge < -0.3 is 20.1 Å². The summed E-state index contributed by atoms with van der Waals surface area (Å²) < 4.78 is 2.04. The number of rotatable bonds is 4. The molecule has 1 aliphatic rings. The molecule has 0 amide bonds. The van der Waals surface area contributed by atoms with E-state index in [1.807, 2.05) is 16.7 Å². The zero-order chi connectivity index (χ0) is 13.3. The van der Waals surface area contributed by atoms with E-state index in [1.165, 1.54) is 5.56 Å². The topological polar surface area (TPSA) is 61.6 Å². The zero-order valence-corrected chi connectivity index (χ0v) is 11.2. The van der Waals surface area contributed by atoms with Crippen molar-refractivity contribution in [3.05, 3.63) is 35.8 Å². The Bertz CT molecular complexity index is 572. The molecular weight excluding hydrogens is 240 g/mol. The highest BCUT2D eigenvalue weighted by atomic mass is 16.3. The predicted octanol–water partition coefficient (Wildman–Crippen LogP) is 0.457. The molecule has 1 atom stereocenters. The second kappa shape index (κ2) is 4.92. The van der Waals surface area contributed by atoms with Crippen molar-refractivity contribution < 1.29 is 5.11 Å². The Morgan fingerprint density at radius 1 is 1.47 bits per heavy atom. The molecule has 0 saturated carbocycles. The number of aryl methyl sites for hydroxylation is 1. The molecule has 0 aliphatic carbocycles. The molecule has 5 nitrogen and oxygen atoms in total. The van der Waals surface area contributed by atoms with Crippen LogP contribution in [0.5, 0.6) is 0 Å². The molecule has 3 heterocycles. The smallest absolute Gasteiger partial charge is 0.137 e.